The summed E-state index contributed by atoms with van der Waals surface area (Å²) >= 11 is 0. The van der Waals surface area contributed by atoms with Crippen molar-refractivity contribution < 1.29 is 9.90 Å². The molecule has 1 heterocycles. The van der Waals surface area contributed by atoms with Gasteiger partial charge in [0, 0.05) is 35.3 Å². The summed E-state index contributed by atoms with van der Waals surface area (Å²) < 4.78 is 1.86. The van der Waals surface area contributed by atoms with Crippen LogP contribution in [0.2, 0.25) is 0 Å². The first kappa shape index (κ1) is 13.8. The molecule has 1 aromatic heterocycles. The molecule has 0 amide bonds. The van der Waals surface area contributed by atoms with Crippen molar-refractivity contribution in [2.75, 3.05) is 0 Å². The number of aromatic nitrogens is 1. The second kappa shape index (κ2) is 5.57. The van der Waals surface area contributed by atoms with Gasteiger partial charge in [0.15, 0.2) is 5.43 Å². The number of rotatable bonds is 3. The van der Waals surface area contributed by atoms with Crippen molar-refractivity contribution in [1.29, 1.82) is 0 Å². The number of carbonyl (C=O) groups is 1. The Hall–Kier alpha value is -2.62. The lowest BCUT2D eigenvalue weighted by Gasteiger charge is -2.11. The van der Waals surface area contributed by atoms with E-state index in [4.69, 9.17) is 5.11 Å². The van der Waals surface area contributed by atoms with E-state index in [-0.39, 0.29) is 5.43 Å². The third-order valence-corrected chi connectivity index (χ3v) is 2.99. The summed E-state index contributed by atoms with van der Waals surface area (Å²) in [5, 5.41) is 8.64. The van der Waals surface area contributed by atoms with Crippen LogP contribution in [-0.2, 0) is 4.79 Å². The minimum Gasteiger partial charge on any atom is -0.478 e. The van der Waals surface area contributed by atoms with Gasteiger partial charge in [-0.2, -0.15) is 0 Å². The first-order chi connectivity index (χ1) is 9.47. The zero-order valence-corrected chi connectivity index (χ0v) is 11.3. The van der Waals surface area contributed by atoms with Crippen LogP contribution < -0.4 is 5.43 Å². The molecule has 4 heteroatoms. The molecule has 1 aromatic carbocycles. The molecule has 0 saturated carbocycles. The van der Waals surface area contributed by atoms with E-state index in [1.807, 2.05) is 42.7 Å². The summed E-state index contributed by atoms with van der Waals surface area (Å²) in [6.07, 6.45) is 3.93. The summed E-state index contributed by atoms with van der Waals surface area (Å²) in [6.45, 7) is 3.84. The van der Waals surface area contributed by atoms with E-state index >= 15 is 0 Å². The molecule has 20 heavy (non-hydrogen) atoms. The summed E-state index contributed by atoms with van der Waals surface area (Å²) in [5.74, 6) is -1.08. The summed E-state index contributed by atoms with van der Waals surface area (Å²) in [5.41, 5.74) is 3.03. The molecule has 0 spiro atoms. The third kappa shape index (κ3) is 3.03. The summed E-state index contributed by atoms with van der Waals surface area (Å²) in [6, 6.07) is 9.38. The number of carboxylic acids is 1. The first-order valence-electron chi connectivity index (χ1n) is 6.19. The number of aliphatic carboxylic acids is 1. The fourth-order valence-electron chi connectivity index (χ4n) is 1.92. The van der Waals surface area contributed by atoms with Crippen LogP contribution in [0, 0.1) is 13.8 Å². The predicted molar refractivity (Wildman–Crippen MR) is 78.2 cm³/mol. The number of hydrogen-bond acceptors (Lipinski definition) is 2. The van der Waals surface area contributed by atoms with Crippen molar-refractivity contribution in [3.05, 3.63) is 69.6 Å². The van der Waals surface area contributed by atoms with Crippen molar-refractivity contribution in [1.82, 2.24) is 4.57 Å². The van der Waals surface area contributed by atoms with Crippen LogP contribution in [0.1, 0.15) is 16.8 Å². The summed E-state index contributed by atoms with van der Waals surface area (Å²) in [7, 11) is 0. The van der Waals surface area contributed by atoms with Crippen LogP contribution in [0.25, 0.3) is 11.8 Å². The SMILES string of the molecule is Cc1ccc(-n2cc(/C=C/C(=O)O)c(=O)cc2C)cc1. The highest BCUT2D eigenvalue weighted by molar-refractivity contribution is 5.85. The molecule has 0 saturated heterocycles. The normalized spacial score (nSPS) is 10.9. The van der Waals surface area contributed by atoms with Gasteiger partial charge >= 0.3 is 5.97 Å². The van der Waals surface area contributed by atoms with Gasteiger partial charge in [0.05, 0.1) is 0 Å². The minimum atomic E-state index is -1.08. The standard InChI is InChI=1S/C16H15NO3/c1-11-3-6-14(7-4-11)17-10-13(5-8-16(19)20)15(18)9-12(17)2/h3-10H,1-2H3,(H,19,20)/b8-5+. The predicted octanol–water partition coefficient (Wildman–Crippen LogP) is 2.55. The third-order valence-electron chi connectivity index (χ3n) is 2.99. The molecule has 0 fully saturated rings. The van der Waals surface area contributed by atoms with E-state index in [1.165, 1.54) is 12.1 Å². The molecule has 4 nitrogen and oxygen atoms in total. The van der Waals surface area contributed by atoms with Gasteiger partial charge in [-0.25, -0.2) is 4.79 Å². The molecule has 2 aromatic rings. The number of hydrogen-bond donors (Lipinski definition) is 1. The Kier molecular flexibility index (Phi) is 3.84. The van der Waals surface area contributed by atoms with Gasteiger partial charge in [-0.05, 0) is 32.1 Å². The van der Waals surface area contributed by atoms with Gasteiger partial charge in [-0.15, -0.1) is 0 Å². The number of aryl methyl sites for hydroxylation is 2. The van der Waals surface area contributed by atoms with Gasteiger partial charge in [-0.3, -0.25) is 4.79 Å². The molecule has 0 aliphatic rings. The zero-order chi connectivity index (χ0) is 14.7. The maximum atomic E-state index is 11.8. The van der Waals surface area contributed by atoms with Crippen molar-refractivity contribution >= 4 is 12.0 Å². The van der Waals surface area contributed by atoms with Crippen LogP contribution in [0.15, 0.2) is 47.4 Å². The molecule has 2 rings (SSSR count). The Morgan fingerprint density at radius 2 is 1.85 bits per heavy atom. The molecule has 0 radical (unpaired) electrons. The van der Waals surface area contributed by atoms with Crippen molar-refractivity contribution in [2.24, 2.45) is 0 Å². The molecule has 0 bridgehead atoms. The Labute approximate surface area is 116 Å². The zero-order valence-electron chi connectivity index (χ0n) is 11.3. The molecular formula is C16H15NO3. The molecule has 0 aliphatic carbocycles. The average molecular weight is 269 g/mol. The smallest absolute Gasteiger partial charge is 0.328 e. The maximum Gasteiger partial charge on any atom is 0.328 e. The van der Waals surface area contributed by atoms with E-state index in [2.05, 4.69) is 0 Å². The second-order valence-electron chi connectivity index (χ2n) is 4.61. The topological polar surface area (TPSA) is 59.3 Å². The lowest BCUT2D eigenvalue weighted by Crippen LogP contribution is -2.11. The lowest BCUT2D eigenvalue weighted by atomic mass is 10.2. The molecule has 0 atom stereocenters. The molecule has 102 valence electrons. The maximum absolute atomic E-state index is 11.8. The number of pyridine rings is 1. The van der Waals surface area contributed by atoms with E-state index in [9.17, 15) is 9.59 Å². The van der Waals surface area contributed by atoms with E-state index < -0.39 is 5.97 Å². The molecular weight excluding hydrogens is 254 g/mol. The Bertz CT molecular complexity index is 724. The highest BCUT2D eigenvalue weighted by Gasteiger charge is 2.04. The fraction of sp³-hybridized carbons (Fsp3) is 0.125. The molecule has 1 N–H and O–H groups in total. The quantitative estimate of drug-likeness (QED) is 0.871. The van der Waals surface area contributed by atoms with Crippen molar-refractivity contribution in [3.8, 4) is 5.69 Å². The van der Waals surface area contributed by atoms with Crippen LogP contribution >= 0.6 is 0 Å². The van der Waals surface area contributed by atoms with Crippen molar-refractivity contribution in [2.45, 2.75) is 13.8 Å². The highest BCUT2D eigenvalue weighted by atomic mass is 16.4. The highest BCUT2D eigenvalue weighted by Crippen LogP contribution is 2.12. The molecule has 0 aliphatic heterocycles. The molecule has 0 unspecified atom stereocenters. The van der Waals surface area contributed by atoms with E-state index in [1.54, 1.807) is 6.20 Å². The van der Waals surface area contributed by atoms with E-state index in [0.29, 0.717) is 5.56 Å². The van der Waals surface area contributed by atoms with Crippen LogP contribution in [-0.4, -0.2) is 15.6 Å². The average Bonchev–Trinajstić information content (AvgIpc) is 2.39. The second-order valence-corrected chi connectivity index (χ2v) is 4.61. The Morgan fingerprint density at radius 3 is 2.45 bits per heavy atom. The van der Waals surface area contributed by atoms with Crippen LogP contribution in [0.3, 0.4) is 0 Å². The van der Waals surface area contributed by atoms with Crippen LogP contribution in [0.5, 0.6) is 0 Å². The summed E-state index contributed by atoms with van der Waals surface area (Å²) in [4.78, 5) is 22.4. The van der Waals surface area contributed by atoms with E-state index in [0.717, 1.165) is 23.0 Å². The van der Waals surface area contributed by atoms with Gasteiger partial charge in [0.1, 0.15) is 0 Å². The Balaban J connectivity index is 2.54. The van der Waals surface area contributed by atoms with Crippen molar-refractivity contribution in [3.63, 3.8) is 0 Å². The minimum absolute atomic E-state index is 0.191. The van der Waals surface area contributed by atoms with Gasteiger partial charge in [-0.1, -0.05) is 17.7 Å². The monoisotopic (exact) mass is 269 g/mol. The fourth-order valence-corrected chi connectivity index (χ4v) is 1.92. The Morgan fingerprint density at radius 1 is 1.20 bits per heavy atom. The lowest BCUT2D eigenvalue weighted by molar-refractivity contribution is -0.131. The van der Waals surface area contributed by atoms with Gasteiger partial charge in [0.2, 0.25) is 0 Å². The largest absolute Gasteiger partial charge is 0.478 e. The van der Waals surface area contributed by atoms with Gasteiger partial charge in [0.25, 0.3) is 0 Å². The number of carboxylic acid groups (broad SMARTS) is 1. The number of nitrogens with zero attached hydrogens (tertiary/aromatic N) is 1. The van der Waals surface area contributed by atoms with Gasteiger partial charge < -0.3 is 9.67 Å². The van der Waals surface area contributed by atoms with Crippen LogP contribution in [0.4, 0.5) is 0 Å². The number of benzene rings is 1. The first-order valence-corrected chi connectivity index (χ1v) is 6.19.